The Morgan fingerprint density at radius 1 is 1.31 bits per heavy atom. The molecule has 2 saturated heterocycles. The van der Waals surface area contributed by atoms with E-state index in [1.54, 1.807) is 11.1 Å². The molecule has 0 saturated carbocycles. The molecule has 8 heteroatoms. The molecule has 0 spiro atoms. The molecule has 4 heterocycles. The lowest BCUT2D eigenvalue weighted by molar-refractivity contribution is -0.123. The number of nitrogens with zero attached hydrogens (tertiary/aromatic N) is 3. The van der Waals surface area contributed by atoms with E-state index in [0.29, 0.717) is 25.3 Å². The van der Waals surface area contributed by atoms with E-state index < -0.39 is 0 Å². The minimum absolute atomic E-state index is 0.0400. The SMILES string of the molecule is Cc1ccn2c(=O)c(C(=O)N3CCCC(CNC(=O)C4CCCN4)C3)cnc2c1. The zero-order valence-electron chi connectivity index (χ0n) is 16.7. The Bertz CT molecular complexity index is 980. The van der Waals surface area contributed by atoms with Gasteiger partial charge >= 0.3 is 0 Å². The van der Waals surface area contributed by atoms with Crippen molar-refractivity contribution in [2.24, 2.45) is 5.92 Å². The third kappa shape index (κ3) is 4.17. The molecular formula is C21H27N5O3. The monoisotopic (exact) mass is 397 g/mol. The second-order valence-corrected chi connectivity index (χ2v) is 8.06. The number of likely N-dealkylation sites (tertiary alicyclic amines) is 1. The Labute approximate surface area is 169 Å². The largest absolute Gasteiger partial charge is 0.354 e. The number of aryl methyl sites for hydroxylation is 1. The number of piperidine rings is 1. The summed E-state index contributed by atoms with van der Waals surface area (Å²) in [7, 11) is 0. The molecule has 0 bridgehead atoms. The lowest BCUT2D eigenvalue weighted by Gasteiger charge is -2.33. The van der Waals surface area contributed by atoms with Crippen LogP contribution in [-0.4, -0.2) is 58.3 Å². The maximum Gasteiger partial charge on any atom is 0.270 e. The maximum atomic E-state index is 13.0. The topological polar surface area (TPSA) is 95.8 Å². The van der Waals surface area contributed by atoms with Gasteiger partial charge in [-0.25, -0.2) is 4.98 Å². The molecule has 2 unspecified atom stereocenters. The van der Waals surface area contributed by atoms with Gasteiger partial charge in [-0.15, -0.1) is 0 Å². The third-order valence-electron chi connectivity index (χ3n) is 5.84. The molecule has 2 aliphatic heterocycles. The molecule has 8 nitrogen and oxygen atoms in total. The summed E-state index contributed by atoms with van der Waals surface area (Å²) >= 11 is 0. The number of pyridine rings is 1. The fraction of sp³-hybridized carbons (Fsp3) is 0.524. The van der Waals surface area contributed by atoms with Gasteiger partial charge in [-0.1, -0.05) is 0 Å². The summed E-state index contributed by atoms with van der Waals surface area (Å²) in [4.78, 5) is 44.0. The minimum atomic E-state index is -0.345. The molecular weight excluding hydrogens is 370 g/mol. The quantitative estimate of drug-likeness (QED) is 0.793. The molecule has 0 radical (unpaired) electrons. The molecule has 29 heavy (non-hydrogen) atoms. The van der Waals surface area contributed by atoms with Crippen LogP contribution in [0.3, 0.4) is 0 Å². The van der Waals surface area contributed by atoms with Crippen molar-refractivity contribution in [3.8, 4) is 0 Å². The van der Waals surface area contributed by atoms with Crippen LogP contribution < -0.4 is 16.2 Å². The number of carbonyl (C=O) groups excluding carboxylic acids is 2. The molecule has 2 aromatic heterocycles. The van der Waals surface area contributed by atoms with Gasteiger partial charge in [0.1, 0.15) is 11.2 Å². The Balaban J connectivity index is 1.42. The van der Waals surface area contributed by atoms with E-state index in [4.69, 9.17) is 0 Å². The number of nitrogens with one attached hydrogen (secondary N) is 2. The fourth-order valence-electron chi connectivity index (χ4n) is 4.19. The van der Waals surface area contributed by atoms with Crippen molar-refractivity contribution in [3.63, 3.8) is 0 Å². The van der Waals surface area contributed by atoms with Crippen LogP contribution in [0.5, 0.6) is 0 Å². The summed E-state index contributed by atoms with van der Waals surface area (Å²) in [6.07, 6.45) is 6.75. The van der Waals surface area contributed by atoms with Crippen LogP contribution in [0.4, 0.5) is 0 Å². The lowest BCUT2D eigenvalue weighted by Crippen LogP contribution is -2.47. The minimum Gasteiger partial charge on any atom is -0.354 e. The van der Waals surface area contributed by atoms with Crippen molar-refractivity contribution >= 4 is 17.5 Å². The molecule has 2 atom stereocenters. The molecule has 2 aliphatic rings. The zero-order chi connectivity index (χ0) is 20.4. The van der Waals surface area contributed by atoms with Crippen LogP contribution in [0.1, 0.15) is 41.6 Å². The number of hydrogen-bond acceptors (Lipinski definition) is 5. The van der Waals surface area contributed by atoms with E-state index in [1.807, 2.05) is 19.1 Å². The standard InChI is InChI=1S/C21H27N5O3/c1-14-6-9-26-18(10-14)23-12-16(21(26)29)20(28)25-8-3-4-15(13-25)11-24-19(27)17-5-2-7-22-17/h6,9-10,12,15,17,22H,2-5,7-8,11,13H2,1H3,(H,24,27). The summed E-state index contributed by atoms with van der Waals surface area (Å²) in [5.74, 6) is -0.0546. The predicted octanol–water partition coefficient (Wildman–Crippen LogP) is 0.723. The van der Waals surface area contributed by atoms with Gasteiger partial charge in [0.15, 0.2) is 0 Å². The van der Waals surface area contributed by atoms with Gasteiger partial charge in [-0.2, -0.15) is 0 Å². The van der Waals surface area contributed by atoms with Crippen molar-refractivity contribution in [2.45, 2.75) is 38.6 Å². The van der Waals surface area contributed by atoms with Gasteiger partial charge in [0, 0.05) is 32.0 Å². The van der Waals surface area contributed by atoms with Gasteiger partial charge in [0.25, 0.3) is 11.5 Å². The lowest BCUT2D eigenvalue weighted by atomic mass is 9.97. The maximum absolute atomic E-state index is 13.0. The van der Waals surface area contributed by atoms with Crippen LogP contribution in [0.2, 0.25) is 0 Å². The summed E-state index contributed by atoms with van der Waals surface area (Å²) in [6, 6.07) is 3.54. The molecule has 4 rings (SSSR count). The molecule has 2 N–H and O–H groups in total. The van der Waals surface area contributed by atoms with Crippen molar-refractivity contribution in [1.82, 2.24) is 24.9 Å². The van der Waals surface area contributed by atoms with E-state index in [-0.39, 0.29) is 34.9 Å². The highest BCUT2D eigenvalue weighted by atomic mass is 16.2. The van der Waals surface area contributed by atoms with Crippen molar-refractivity contribution < 1.29 is 9.59 Å². The molecule has 2 fully saturated rings. The summed E-state index contributed by atoms with van der Waals surface area (Å²) < 4.78 is 1.41. The summed E-state index contributed by atoms with van der Waals surface area (Å²) in [5, 5.41) is 6.21. The van der Waals surface area contributed by atoms with E-state index in [0.717, 1.165) is 37.8 Å². The number of aromatic nitrogens is 2. The van der Waals surface area contributed by atoms with Crippen LogP contribution in [-0.2, 0) is 4.79 Å². The molecule has 2 aromatic rings. The van der Waals surface area contributed by atoms with Crippen molar-refractivity contribution in [3.05, 3.63) is 46.0 Å². The Kier molecular flexibility index (Phi) is 5.62. The second kappa shape index (κ2) is 8.32. The van der Waals surface area contributed by atoms with E-state index in [2.05, 4.69) is 15.6 Å². The Hall–Kier alpha value is -2.74. The number of amides is 2. The first kappa shape index (κ1) is 19.6. The van der Waals surface area contributed by atoms with Gasteiger partial charge in [0.05, 0.1) is 6.04 Å². The average molecular weight is 397 g/mol. The van der Waals surface area contributed by atoms with Gasteiger partial charge in [-0.3, -0.25) is 18.8 Å². The molecule has 2 amide bonds. The van der Waals surface area contributed by atoms with Gasteiger partial charge in [-0.05, 0) is 62.8 Å². The number of rotatable bonds is 4. The van der Waals surface area contributed by atoms with E-state index in [1.165, 1.54) is 10.6 Å². The van der Waals surface area contributed by atoms with Crippen LogP contribution in [0.25, 0.3) is 5.65 Å². The van der Waals surface area contributed by atoms with Gasteiger partial charge in [0.2, 0.25) is 5.91 Å². The predicted molar refractivity (Wildman–Crippen MR) is 109 cm³/mol. The number of hydrogen-bond donors (Lipinski definition) is 2. The van der Waals surface area contributed by atoms with Crippen molar-refractivity contribution in [1.29, 1.82) is 0 Å². The highest BCUT2D eigenvalue weighted by molar-refractivity contribution is 5.93. The van der Waals surface area contributed by atoms with E-state index in [9.17, 15) is 14.4 Å². The first-order valence-electron chi connectivity index (χ1n) is 10.3. The first-order chi connectivity index (χ1) is 14.0. The summed E-state index contributed by atoms with van der Waals surface area (Å²) in [5.41, 5.74) is 1.28. The molecule has 154 valence electrons. The van der Waals surface area contributed by atoms with Crippen molar-refractivity contribution in [2.75, 3.05) is 26.2 Å². The Morgan fingerprint density at radius 3 is 2.97 bits per heavy atom. The molecule has 0 aromatic carbocycles. The first-order valence-corrected chi connectivity index (χ1v) is 10.3. The second-order valence-electron chi connectivity index (χ2n) is 8.06. The number of carbonyl (C=O) groups is 2. The summed E-state index contributed by atoms with van der Waals surface area (Å²) in [6.45, 7) is 4.52. The normalized spacial score (nSPS) is 22.0. The Morgan fingerprint density at radius 2 is 2.17 bits per heavy atom. The smallest absolute Gasteiger partial charge is 0.270 e. The average Bonchev–Trinajstić information content (AvgIpc) is 3.27. The fourth-order valence-corrected chi connectivity index (χ4v) is 4.19. The highest BCUT2D eigenvalue weighted by Gasteiger charge is 2.28. The van der Waals surface area contributed by atoms with Crippen LogP contribution >= 0.6 is 0 Å². The van der Waals surface area contributed by atoms with Gasteiger partial charge < -0.3 is 15.5 Å². The van der Waals surface area contributed by atoms with E-state index >= 15 is 0 Å². The van der Waals surface area contributed by atoms with Crippen LogP contribution in [0, 0.1) is 12.8 Å². The zero-order valence-corrected chi connectivity index (χ0v) is 16.7. The molecule has 0 aliphatic carbocycles. The third-order valence-corrected chi connectivity index (χ3v) is 5.84. The van der Waals surface area contributed by atoms with Crippen LogP contribution in [0.15, 0.2) is 29.3 Å². The highest BCUT2D eigenvalue weighted by Crippen LogP contribution is 2.18. The number of fused-ring (bicyclic) bond motifs is 1.